The van der Waals surface area contributed by atoms with Crippen molar-refractivity contribution in [3.8, 4) is 5.75 Å². The summed E-state index contributed by atoms with van der Waals surface area (Å²) in [5.41, 5.74) is 0.968. The van der Waals surface area contributed by atoms with Gasteiger partial charge in [-0.1, -0.05) is 38.1 Å². The average molecular weight is 437 g/mol. The van der Waals surface area contributed by atoms with Crippen LogP contribution < -0.4 is 10.4 Å². The lowest BCUT2D eigenvalue weighted by molar-refractivity contribution is 0.0786. The van der Waals surface area contributed by atoms with E-state index in [0.717, 1.165) is 16.0 Å². The van der Waals surface area contributed by atoms with Crippen LogP contribution in [0.2, 0.25) is 0 Å². The smallest absolute Gasteiger partial charge is 0.224 e. The number of fused-ring (bicyclic) bond motifs is 3. The second kappa shape index (κ2) is 6.95. The van der Waals surface area contributed by atoms with E-state index < -0.39 is 22.5 Å². The minimum Gasteiger partial charge on any atom is -0.503 e. The second-order valence-corrected chi connectivity index (χ2v) is 9.45. The van der Waals surface area contributed by atoms with Crippen molar-refractivity contribution in [3.05, 3.63) is 87.3 Å². The molecule has 3 aromatic rings. The number of nitrogens with zero attached hydrogens (tertiary/aromatic N) is 3. The van der Waals surface area contributed by atoms with Crippen LogP contribution >= 0.6 is 11.8 Å². The first-order valence-electron chi connectivity index (χ1n) is 9.91. The van der Waals surface area contributed by atoms with Crippen molar-refractivity contribution in [3.63, 3.8) is 0 Å². The Morgan fingerprint density at radius 1 is 1.13 bits per heavy atom. The molecule has 0 amide bonds. The van der Waals surface area contributed by atoms with E-state index >= 15 is 0 Å². The molecule has 2 aliphatic heterocycles. The molecule has 0 bridgehead atoms. The van der Waals surface area contributed by atoms with Gasteiger partial charge in [-0.3, -0.25) is 19.3 Å². The molecule has 0 saturated carbocycles. The number of rotatable bonds is 1. The number of aromatic hydroxyl groups is 1. The van der Waals surface area contributed by atoms with Crippen molar-refractivity contribution in [1.29, 1.82) is 0 Å². The van der Waals surface area contributed by atoms with Crippen LogP contribution in [0.3, 0.4) is 0 Å². The standard InChI is InChI=1S/C23H20FN3O3S/c1-23(2)12-27(26-10-9-16(28)21(29)20(26)22(23)30)19-13-7-8-18(24)25-15(13)11-31-17-6-4-3-5-14(17)19/h3-10,19,29H,11-12H2,1-2H3. The molecule has 158 valence electrons. The number of ketones is 1. The van der Waals surface area contributed by atoms with Gasteiger partial charge in [0.05, 0.1) is 11.7 Å². The van der Waals surface area contributed by atoms with Gasteiger partial charge in [0.2, 0.25) is 11.4 Å². The van der Waals surface area contributed by atoms with E-state index in [1.165, 1.54) is 18.3 Å². The van der Waals surface area contributed by atoms with Crippen molar-refractivity contribution in [2.75, 3.05) is 11.6 Å². The van der Waals surface area contributed by atoms with Crippen molar-refractivity contribution >= 4 is 17.5 Å². The summed E-state index contributed by atoms with van der Waals surface area (Å²) in [6.45, 7) is 3.93. The Bertz CT molecular complexity index is 1290. The van der Waals surface area contributed by atoms with Crippen LogP contribution in [0, 0.1) is 11.4 Å². The van der Waals surface area contributed by atoms with Crippen LogP contribution in [-0.2, 0) is 5.75 Å². The number of pyridine rings is 2. The van der Waals surface area contributed by atoms with E-state index in [9.17, 15) is 19.1 Å². The number of benzene rings is 1. The molecule has 5 rings (SSSR count). The molecule has 0 spiro atoms. The highest BCUT2D eigenvalue weighted by Crippen LogP contribution is 2.44. The molecule has 0 radical (unpaired) electrons. The third kappa shape index (κ3) is 3.05. The van der Waals surface area contributed by atoms with E-state index in [0.29, 0.717) is 18.0 Å². The number of Topliss-reactive ketones (excluding diaryl/α,β-unsaturated/α-hetero) is 1. The fourth-order valence-corrected chi connectivity index (χ4v) is 5.40. The number of aromatic nitrogens is 2. The average Bonchev–Trinajstić information content (AvgIpc) is 2.89. The Morgan fingerprint density at radius 3 is 2.71 bits per heavy atom. The second-order valence-electron chi connectivity index (χ2n) is 8.43. The highest BCUT2D eigenvalue weighted by Gasteiger charge is 2.44. The summed E-state index contributed by atoms with van der Waals surface area (Å²) in [6, 6.07) is 11.9. The van der Waals surface area contributed by atoms with Gasteiger partial charge in [0.1, 0.15) is 0 Å². The van der Waals surface area contributed by atoms with E-state index in [1.807, 2.05) is 29.3 Å². The van der Waals surface area contributed by atoms with Gasteiger partial charge < -0.3 is 5.11 Å². The first-order chi connectivity index (χ1) is 14.8. The summed E-state index contributed by atoms with van der Waals surface area (Å²) in [5.74, 6) is -0.884. The van der Waals surface area contributed by atoms with Gasteiger partial charge in [0.25, 0.3) is 0 Å². The third-order valence-corrected chi connectivity index (χ3v) is 6.96. The molecule has 31 heavy (non-hydrogen) atoms. The zero-order chi connectivity index (χ0) is 21.9. The van der Waals surface area contributed by atoms with Crippen LogP contribution in [0.4, 0.5) is 4.39 Å². The number of carbonyl (C=O) groups is 1. The Kier molecular flexibility index (Phi) is 4.44. The molecule has 1 atom stereocenters. The van der Waals surface area contributed by atoms with Crippen LogP contribution in [0.5, 0.6) is 5.75 Å². The van der Waals surface area contributed by atoms with E-state index in [1.54, 1.807) is 36.4 Å². The number of hydrogen-bond acceptors (Lipinski definition) is 6. The maximum atomic E-state index is 14.0. The molecule has 0 saturated heterocycles. The molecule has 6 nitrogen and oxygen atoms in total. The molecule has 0 fully saturated rings. The van der Waals surface area contributed by atoms with Gasteiger partial charge in [-0.25, -0.2) is 4.98 Å². The Labute approximate surface area is 182 Å². The number of thioether (sulfide) groups is 1. The number of halogens is 1. The molecule has 4 heterocycles. The maximum absolute atomic E-state index is 14.0. The Hall–Kier alpha value is -3.13. The fourth-order valence-electron chi connectivity index (χ4n) is 4.35. The SMILES string of the molecule is CC1(C)CN(C2c3ccccc3SCc3nc(F)ccc32)n2ccc(=O)c(O)c2C1=O. The largest absolute Gasteiger partial charge is 0.503 e. The van der Waals surface area contributed by atoms with Gasteiger partial charge in [-0.2, -0.15) is 4.39 Å². The maximum Gasteiger partial charge on any atom is 0.224 e. The summed E-state index contributed by atoms with van der Waals surface area (Å²) < 4.78 is 15.5. The van der Waals surface area contributed by atoms with Crippen LogP contribution in [0.25, 0.3) is 0 Å². The Balaban J connectivity index is 1.81. The summed E-state index contributed by atoms with van der Waals surface area (Å²) in [4.78, 5) is 30.4. The van der Waals surface area contributed by atoms with E-state index in [4.69, 9.17) is 0 Å². The number of hydrogen-bond donors (Lipinski definition) is 1. The van der Waals surface area contributed by atoms with Gasteiger partial charge >= 0.3 is 0 Å². The molecule has 1 aromatic carbocycles. The predicted octanol–water partition coefficient (Wildman–Crippen LogP) is 3.64. The van der Waals surface area contributed by atoms with E-state index in [2.05, 4.69) is 4.98 Å². The predicted molar refractivity (Wildman–Crippen MR) is 116 cm³/mol. The lowest BCUT2D eigenvalue weighted by Gasteiger charge is -2.45. The van der Waals surface area contributed by atoms with Gasteiger partial charge in [-0.05, 0) is 17.7 Å². The summed E-state index contributed by atoms with van der Waals surface area (Å²) in [6.07, 6.45) is 1.52. The topological polar surface area (TPSA) is 75.4 Å². The molecule has 1 N–H and O–H groups in total. The minimum absolute atomic E-state index is 0.0326. The van der Waals surface area contributed by atoms with Crippen LogP contribution in [0.1, 0.15) is 47.2 Å². The minimum atomic E-state index is -0.854. The van der Waals surface area contributed by atoms with Crippen molar-refractivity contribution in [2.45, 2.75) is 30.5 Å². The molecule has 8 heteroatoms. The van der Waals surface area contributed by atoms with Crippen molar-refractivity contribution in [2.24, 2.45) is 5.41 Å². The van der Waals surface area contributed by atoms with Gasteiger partial charge in [0, 0.05) is 40.4 Å². The van der Waals surface area contributed by atoms with Crippen LogP contribution in [-0.4, -0.2) is 27.1 Å². The molecule has 2 aliphatic rings. The normalized spacial score (nSPS) is 19.3. The highest BCUT2D eigenvalue weighted by molar-refractivity contribution is 7.98. The quantitative estimate of drug-likeness (QED) is 0.586. The molecular formula is C23H20FN3O3S. The van der Waals surface area contributed by atoms with Crippen molar-refractivity contribution in [1.82, 2.24) is 9.66 Å². The lowest BCUT2D eigenvalue weighted by Crippen LogP contribution is -2.54. The highest BCUT2D eigenvalue weighted by atomic mass is 32.2. The van der Waals surface area contributed by atoms with E-state index in [-0.39, 0.29) is 17.5 Å². The molecule has 0 aliphatic carbocycles. The van der Waals surface area contributed by atoms with Crippen LogP contribution in [0.15, 0.2) is 58.4 Å². The van der Waals surface area contributed by atoms with Crippen molar-refractivity contribution < 1.29 is 14.3 Å². The summed E-state index contributed by atoms with van der Waals surface area (Å²) in [7, 11) is 0. The fraction of sp³-hybridized carbons (Fsp3) is 0.261. The molecule has 1 unspecified atom stereocenters. The first kappa shape index (κ1) is 19.8. The van der Waals surface area contributed by atoms with Gasteiger partial charge in [-0.15, -0.1) is 11.8 Å². The summed E-state index contributed by atoms with van der Waals surface area (Å²) in [5, 5.41) is 12.5. The Morgan fingerprint density at radius 2 is 1.90 bits per heavy atom. The van der Waals surface area contributed by atoms with Gasteiger partial charge in [0.15, 0.2) is 17.2 Å². The zero-order valence-electron chi connectivity index (χ0n) is 17.0. The monoisotopic (exact) mass is 437 g/mol. The number of carbonyl (C=O) groups excluding carboxylic acids is 1. The molecule has 2 aromatic heterocycles. The summed E-state index contributed by atoms with van der Waals surface area (Å²) >= 11 is 1.58. The third-order valence-electron chi connectivity index (χ3n) is 5.86. The first-order valence-corrected chi connectivity index (χ1v) is 10.9. The zero-order valence-corrected chi connectivity index (χ0v) is 17.8. The lowest BCUT2D eigenvalue weighted by atomic mass is 9.82. The molecular weight excluding hydrogens is 417 g/mol.